The van der Waals surface area contributed by atoms with E-state index in [-0.39, 0.29) is 11.0 Å². The number of fused-ring (bicyclic) bond motifs is 1. The van der Waals surface area contributed by atoms with Crippen molar-refractivity contribution in [1.29, 1.82) is 0 Å². The predicted molar refractivity (Wildman–Crippen MR) is 87.8 cm³/mol. The Hall–Kier alpha value is -2.11. The smallest absolute Gasteiger partial charge is 0.194 e. The molecule has 22 heavy (non-hydrogen) atoms. The van der Waals surface area contributed by atoms with Gasteiger partial charge in [0.15, 0.2) is 17.4 Å². The fourth-order valence-corrected chi connectivity index (χ4v) is 2.86. The van der Waals surface area contributed by atoms with Gasteiger partial charge in [-0.1, -0.05) is 19.9 Å². The van der Waals surface area contributed by atoms with Crippen molar-refractivity contribution >= 4 is 11.6 Å². The highest BCUT2D eigenvalue weighted by atomic mass is 15.4. The number of hydrogen-bond acceptors (Lipinski definition) is 3. The molecule has 1 saturated heterocycles. The Morgan fingerprint density at radius 2 is 2.05 bits per heavy atom. The predicted octanol–water partition coefficient (Wildman–Crippen LogP) is 1.93. The van der Waals surface area contributed by atoms with E-state index in [1.54, 1.807) is 0 Å². The van der Waals surface area contributed by atoms with E-state index in [1.807, 2.05) is 35.8 Å². The van der Waals surface area contributed by atoms with E-state index in [9.17, 15) is 0 Å². The Kier molecular flexibility index (Phi) is 3.34. The Labute approximate surface area is 131 Å². The van der Waals surface area contributed by atoms with E-state index < -0.39 is 0 Å². The second kappa shape index (κ2) is 4.97. The molecule has 1 fully saturated rings. The highest BCUT2D eigenvalue weighted by Crippen LogP contribution is 2.46. The maximum absolute atomic E-state index is 4.42. The molecule has 0 unspecified atom stereocenters. The zero-order valence-corrected chi connectivity index (χ0v) is 14.0. The normalized spacial score (nSPS) is 20.0. The standard InChI is InChI=1S/C16H24N6/c1-15(2)11-22(16(15,3)4)14(17-5)18-10-13-20-19-12-8-6-7-9-21(12)13/h6-9H,10-11H2,1-5H3,(H,17,18). The minimum atomic E-state index is 0.0851. The van der Waals surface area contributed by atoms with E-state index >= 15 is 0 Å². The van der Waals surface area contributed by atoms with Gasteiger partial charge in [-0.2, -0.15) is 0 Å². The second-order valence-electron chi connectivity index (χ2n) is 6.97. The largest absolute Gasteiger partial charge is 0.349 e. The number of guanidine groups is 1. The van der Waals surface area contributed by atoms with Gasteiger partial charge in [-0.25, -0.2) is 0 Å². The molecule has 3 rings (SSSR count). The van der Waals surface area contributed by atoms with Crippen LogP contribution in [-0.4, -0.2) is 44.6 Å². The lowest BCUT2D eigenvalue weighted by Gasteiger charge is -2.62. The number of aromatic nitrogens is 3. The maximum Gasteiger partial charge on any atom is 0.194 e. The summed E-state index contributed by atoms with van der Waals surface area (Å²) in [5, 5.41) is 11.8. The quantitative estimate of drug-likeness (QED) is 0.680. The molecule has 0 spiro atoms. The molecule has 3 heterocycles. The van der Waals surface area contributed by atoms with Crippen LogP contribution in [0.5, 0.6) is 0 Å². The summed E-state index contributed by atoms with van der Waals surface area (Å²) in [5.74, 6) is 1.80. The monoisotopic (exact) mass is 300 g/mol. The van der Waals surface area contributed by atoms with Crippen molar-refractivity contribution in [3.63, 3.8) is 0 Å². The highest BCUT2D eigenvalue weighted by molar-refractivity contribution is 5.81. The Balaban J connectivity index is 1.73. The first-order valence-electron chi connectivity index (χ1n) is 7.64. The number of pyridine rings is 1. The lowest BCUT2D eigenvalue weighted by molar-refractivity contribution is -0.0668. The summed E-state index contributed by atoms with van der Waals surface area (Å²) < 4.78 is 1.99. The number of rotatable bonds is 2. The molecular formula is C16H24N6. The lowest BCUT2D eigenvalue weighted by Crippen LogP contribution is -2.72. The summed E-state index contributed by atoms with van der Waals surface area (Å²) >= 11 is 0. The van der Waals surface area contributed by atoms with E-state index in [4.69, 9.17) is 0 Å². The van der Waals surface area contributed by atoms with E-state index in [0.717, 1.165) is 24.0 Å². The molecule has 1 aliphatic heterocycles. The van der Waals surface area contributed by atoms with Crippen LogP contribution in [0.25, 0.3) is 5.65 Å². The molecule has 2 aromatic rings. The fourth-order valence-electron chi connectivity index (χ4n) is 2.86. The summed E-state index contributed by atoms with van der Waals surface area (Å²) in [6.07, 6.45) is 1.98. The van der Waals surface area contributed by atoms with Gasteiger partial charge in [0.2, 0.25) is 0 Å². The van der Waals surface area contributed by atoms with Crippen LogP contribution in [0, 0.1) is 5.41 Å². The number of nitrogens with zero attached hydrogens (tertiary/aromatic N) is 5. The van der Waals surface area contributed by atoms with Crippen molar-refractivity contribution in [1.82, 2.24) is 24.8 Å². The molecule has 0 aliphatic carbocycles. The van der Waals surface area contributed by atoms with Gasteiger partial charge in [0, 0.05) is 30.7 Å². The molecule has 0 atom stereocenters. The maximum atomic E-state index is 4.42. The van der Waals surface area contributed by atoms with Crippen molar-refractivity contribution in [2.45, 2.75) is 39.8 Å². The highest BCUT2D eigenvalue weighted by Gasteiger charge is 2.53. The summed E-state index contributed by atoms with van der Waals surface area (Å²) in [4.78, 5) is 6.74. The van der Waals surface area contributed by atoms with Crippen molar-refractivity contribution in [2.24, 2.45) is 10.4 Å². The Bertz CT molecular complexity index is 712. The van der Waals surface area contributed by atoms with E-state index in [2.05, 4.69) is 53.1 Å². The summed E-state index contributed by atoms with van der Waals surface area (Å²) in [7, 11) is 1.83. The first kappa shape index (κ1) is 14.8. The molecule has 6 heteroatoms. The topological polar surface area (TPSA) is 57.8 Å². The van der Waals surface area contributed by atoms with Crippen LogP contribution in [0.4, 0.5) is 0 Å². The van der Waals surface area contributed by atoms with Crippen LogP contribution in [0.15, 0.2) is 29.4 Å². The number of likely N-dealkylation sites (tertiary alicyclic amines) is 1. The number of aliphatic imine (C=N–C) groups is 1. The van der Waals surface area contributed by atoms with Gasteiger partial charge >= 0.3 is 0 Å². The molecule has 0 saturated carbocycles. The van der Waals surface area contributed by atoms with E-state index in [1.165, 1.54) is 0 Å². The molecule has 0 radical (unpaired) electrons. The molecule has 0 bridgehead atoms. The third-order valence-electron chi connectivity index (χ3n) is 5.14. The third-order valence-corrected chi connectivity index (χ3v) is 5.14. The lowest BCUT2D eigenvalue weighted by atomic mass is 9.65. The van der Waals surface area contributed by atoms with Crippen LogP contribution in [0.2, 0.25) is 0 Å². The van der Waals surface area contributed by atoms with Crippen LogP contribution >= 0.6 is 0 Å². The van der Waals surface area contributed by atoms with Gasteiger partial charge in [0.1, 0.15) is 0 Å². The zero-order chi connectivity index (χ0) is 16.0. The van der Waals surface area contributed by atoms with Crippen LogP contribution in [0.1, 0.15) is 33.5 Å². The van der Waals surface area contributed by atoms with Crippen molar-refractivity contribution in [2.75, 3.05) is 13.6 Å². The van der Waals surface area contributed by atoms with Gasteiger partial charge in [-0.15, -0.1) is 10.2 Å². The summed E-state index contributed by atoms with van der Waals surface area (Å²) in [6, 6.07) is 5.90. The van der Waals surface area contributed by atoms with E-state index in [0.29, 0.717) is 6.54 Å². The molecule has 0 amide bonds. The molecule has 6 nitrogen and oxygen atoms in total. The van der Waals surface area contributed by atoms with Crippen LogP contribution in [-0.2, 0) is 6.54 Å². The van der Waals surface area contributed by atoms with Gasteiger partial charge in [0.05, 0.1) is 6.54 Å². The summed E-state index contributed by atoms with van der Waals surface area (Å²) in [5.41, 5.74) is 1.23. The average Bonchev–Trinajstić information content (AvgIpc) is 2.90. The average molecular weight is 300 g/mol. The number of nitrogens with one attached hydrogen (secondary N) is 1. The van der Waals surface area contributed by atoms with Crippen LogP contribution < -0.4 is 5.32 Å². The van der Waals surface area contributed by atoms with Gasteiger partial charge in [-0.3, -0.25) is 9.39 Å². The molecule has 0 aromatic carbocycles. The number of hydrogen-bond donors (Lipinski definition) is 1. The second-order valence-corrected chi connectivity index (χ2v) is 6.97. The van der Waals surface area contributed by atoms with Crippen molar-refractivity contribution < 1.29 is 0 Å². The van der Waals surface area contributed by atoms with Crippen molar-refractivity contribution in [3.8, 4) is 0 Å². The summed E-state index contributed by atoms with van der Waals surface area (Å²) in [6.45, 7) is 10.7. The van der Waals surface area contributed by atoms with Crippen molar-refractivity contribution in [3.05, 3.63) is 30.2 Å². The van der Waals surface area contributed by atoms with Gasteiger partial charge < -0.3 is 10.2 Å². The zero-order valence-electron chi connectivity index (χ0n) is 14.0. The molecule has 1 aliphatic rings. The van der Waals surface area contributed by atoms with Crippen LogP contribution in [0.3, 0.4) is 0 Å². The first-order chi connectivity index (χ1) is 10.4. The molecule has 118 valence electrons. The minimum Gasteiger partial charge on any atom is -0.349 e. The molecular weight excluding hydrogens is 276 g/mol. The minimum absolute atomic E-state index is 0.0851. The SMILES string of the molecule is CN=C(NCc1nnc2ccccn12)N1CC(C)(C)C1(C)C. The fraction of sp³-hybridized carbons (Fsp3) is 0.562. The Morgan fingerprint density at radius 1 is 1.27 bits per heavy atom. The van der Waals surface area contributed by atoms with Gasteiger partial charge in [-0.05, 0) is 26.0 Å². The Morgan fingerprint density at radius 3 is 2.68 bits per heavy atom. The third kappa shape index (κ3) is 2.14. The van der Waals surface area contributed by atoms with Gasteiger partial charge in [0.25, 0.3) is 0 Å². The molecule has 2 aromatic heterocycles. The molecule has 1 N–H and O–H groups in total. The first-order valence-corrected chi connectivity index (χ1v) is 7.64.